The number of carboxylic acids is 1. The molecule has 0 fully saturated rings. The molecule has 0 saturated carbocycles. The molecule has 1 aliphatic rings. The number of aliphatic carboxylic acids is 1. The summed E-state index contributed by atoms with van der Waals surface area (Å²) in [5.41, 5.74) is 1.39. The van der Waals surface area contributed by atoms with Gasteiger partial charge in [0.05, 0.1) is 9.30 Å². The first-order valence-corrected chi connectivity index (χ1v) is 7.29. The number of carboxylic acid groups (broad SMARTS) is 1. The summed E-state index contributed by atoms with van der Waals surface area (Å²) in [6.07, 6.45) is 3.71. The van der Waals surface area contributed by atoms with Gasteiger partial charge < -0.3 is 10.4 Å². The molecule has 0 aromatic carbocycles. The summed E-state index contributed by atoms with van der Waals surface area (Å²) in [5.74, 6) is -0.733. The Morgan fingerprint density at radius 2 is 2.50 bits per heavy atom. The lowest BCUT2D eigenvalue weighted by Crippen LogP contribution is -2.26. The molecule has 1 aliphatic carbocycles. The molecule has 0 radical (unpaired) electrons. The summed E-state index contributed by atoms with van der Waals surface area (Å²) in [6.45, 7) is 0.561. The Hall–Kier alpha value is -0.140. The summed E-state index contributed by atoms with van der Waals surface area (Å²) < 4.78 is 1.33. The molecule has 1 atom stereocenters. The first-order valence-electron chi connectivity index (χ1n) is 5.40. The van der Waals surface area contributed by atoms with E-state index >= 15 is 0 Å². The van der Waals surface area contributed by atoms with Crippen molar-refractivity contribution < 1.29 is 9.90 Å². The van der Waals surface area contributed by atoms with Crippen LogP contribution in [-0.2, 0) is 11.2 Å². The predicted octanol–water partition coefficient (Wildman–Crippen LogP) is 2.79. The molecule has 0 bridgehead atoms. The zero-order valence-corrected chi connectivity index (χ0v) is 11.8. The zero-order chi connectivity index (χ0) is 11.5. The number of nitrogens with one attached hydrogen (secondary N) is 1. The third-order valence-electron chi connectivity index (χ3n) is 2.81. The number of hydrogen-bond acceptors (Lipinski definition) is 3. The Balaban J connectivity index is 1.98. The maximum Gasteiger partial charge on any atom is 0.304 e. The highest BCUT2D eigenvalue weighted by Crippen LogP contribution is 2.36. The minimum atomic E-state index is -0.733. The van der Waals surface area contributed by atoms with Gasteiger partial charge in [-0.2, -0.15) is 0 Å². The topological polar surface area (TPSA) is 49.3 Å². The fraction of sp³-hybridized carbons (Fsp3) is 0.545. The van der Waals surface area contributed by atoms with Gasteiger partial charge in [-0.05, 0) is 53.5 Å². The standard InChI is InChI=1S/C11H14INO2S/c12-10-6-7-8(13-5-4-11(14)15)2-1-3-9(7)16-10/h6,8,13H,1-5H2,(H,14,15). The quantitative estimate of drug-likeness (QED) is 0.821. The van der Waals surface area contributed by atoms with Crippen LogP contribution in [0.5, 0.6) is 0 Å². The van der Waals surface area contributed by atoms with Gasteiger partial charge >= 0.3 is 5.97 Å². The van der Waals surface area contributed by atoms with Crippen molar-refractivity contribution >= 4 is 39.9 Å². The van der Waals surface area contributed by atoms with Gasteiger partial charge in [-0.15, -0.1) is 11.3 Å². The van der Waals surface area contributed by atoms with Gasteiger partial charge in [-0.1, -0.05) is 0 Å². The third-order valence-corrected chi connectivity index (χ3v) is 4.78. The Bertz CT molecular complexity index is 391. The van der Waals surface area contributed by atoms with Gasteiger partial charge in [0.25, 0.3) is 0 Å². The van der Waals surface area contributed by atoms with Crippen LogP contribution in [0.4, 0.5) is 0 Å². The molecule has 88 valence electrons. The maximum absolute atomic E-state index is 10.5. The average Bonchev–Trinajstić information content (AvgIpc) is 2.58. The first-order chi connectivity index (χ1) is 7.66. The fourth-order valence-electron chi connectivity index (χ4n) is 2.09. The number of aryl methyl sites for hydroxylation is 1. The van der Waals surface area contributed by atoms with E-state index in [4.69, 9.17) is 5.11 Å². The van der Waals surface area contributed by atoms with E-state index in [0.717, 1.165) is 6.42 Å². The lowest BCUT2D eigenvalue weighted by Gasteiger charge is -2.23. The van der Waals surface area contributed by atoms with E-state index in [1.54, 1.807) is 0 Å². The van der Waals surface area contributed by atoms with Crippen LogP contribution in [0.2, 0.25) is 0 Å². The second-order valence-corrected chi connectivity index (χ2v) is 7.00. The second kappa shape index (κ2) is 5.46. The molecule has 1 aromatic heterocycles. The van der Waals surface area contributed by atoms with Crippen molar-refractivity contribution in [2.75, 3.05) is 6.54 Å². The number of hydrogen-bond donors (Lipinski definition) is 2. The summed E-state index contributed by atoms with van der Waals surface area (Å²) in [7, 11) is 0. The minimum Gasteiger partial charge on any atom is -0.481 e. The number of fused-ring (bicyclic) bond motifs is 1. The second-order valence-electron chi connectivity index (χ2n) is 3.97. The summed E-state index contributed by atoms with van der Waals surface area (Å²) in [5, 5.41) is 11.9. The summed E-state index contributed by atoms with van der Waals surface area (Å²) in [4.78, 5) is 11.9. The number of thiophene rings is 1. The summed E-state index contributed by atoms with van der Waals surface area (Å²) in [6, 6.07) is 2.60. The molecule has 1 aromatic rings. The highest BCUT2D eigenvalue weighted by molar-refractivity contribution is 14.1. The Labute approximate surface area is 112 Å². The van der Waals surface area contributed by atoms with Crippen molar-refractivity contribution in [2.24, 2.45) is 0 Å². The van der Waals surface area contributed by atoms with Gasteiger partial charge in [0.15, 0.2) is 0 Å². The Morgan fingerprint density at radius 3 is 3.25 bits per heavy atom. The normalized spacial score (nSPS) is 19.4. The third kappa shape index (κ3) is 2.95. The Morgan fingerprint density at radius 1 is 1.69 bits per heavy atom. The van der Waals surface area contributed by atoms with E-state index in [-0.39, 0.29) is 6.42 Å². The van der Waals surface area contributed by atoms with Crippen LogP contribution in [0.25, 0.3) is 0 Å². The van der Waals surface area contributed by atoms with Crippen LogP contribution in [0, 0.1) is 2.88 Å². The molecule has 3 nitrogen and oxygen atoms in total. The van der Waals surface area contributed by atoms with Crippen molar-refractivity contribution in [2.45, 2.75) is 31.7 Å². The van der Waals surface area contributed by atoms with Crippen LogP contribution in [0.15, 0.2) is 6.07 Å². The molecule has 0 aliphatic heterocycles. The molecular formula is C11H14INO2S. The highest BCUT2D eigenvalue weighted by Gasteiger charge is 2.22. The minimum absolute atomic E-state index is 0.201. The number of rotatable bonds is 4. The van der Waals surface area contributed by atoms with E-state index in [0.29, 0.717) is 12.6 Å². The number of carbonyl (C=O) groups is 1. The highest BCUT2D eigenvalue weighted by atomic mass is 127. The molecular weight excluding hydrogens is 337 g/mol. The van der Waals surface area contributed by atoms with E-state index < -0.39 is 5.97 Å². The van der Waals surface area contributed by atoms with Gasteiger partial charge in [0, 0.05) is 17.5 Å². The monoisotopic (exact) mass is 351 g/mol. The van der Waals surface area contributed by atoms with Crippen LogP contribution in [-0.4, -0.2) is 17.6 Å². The van der Waals surface area contributed by atoms with Gasteiger partial charge in [-0.25, -0.2) is 0 Å². The van der Waals surface area contributed by atoms with Crippen LogP contribution in [0.1, 0.15) is 35.7 Å². The van der Waals surface area contributed by atoms with Crippen LogP contribution in [0.3, 0.4) is 0 Å². The summed E-state index contributed by atoms with van der Waals surface area (Å²) >= 11 is 4.22. The lowest BCUT2D eigenvalue weighted by molar-refractivity contribution is -0.136. The molecule has 1 unspecified atom stereocenters. The van der Waals surface area contributed by atoms with Crippen molar-refractivity contribution in [3.8, 4) is 0 Å². The van der Waals surface area contributed by atoms with Crippen LogP contribution < -0.4 is 5.32 Å². The van der Waals surface area contributed by atoms with Crippen molar-refractivity contribution in [3.63, 3.8) is 0 Å². The SMILES string of the molecule is O=C(O)CCNC1CCCc2sc(I)cc21. The average molecular weight is 351 g/mol. The van der Waals surface area contributed by atoms with E-state index in [1.165, 1.54) is 26.2 Å². The number of halogens is 1. The largest absolute Gasteiger partial charge is 0.481 e. The van der Waals surface area contributed by atoms with Crippen molar-refractivity contribution in [1.82, 2.24) is 5.32 Å². The molecule has 0 spiro atoms. The maximum atomic E-state index is 10.5. The smallest absolute Gasteiger partial charge is 0.304 e. The molecule has 16 heavy (non-hydrogen) atoms. The molecule has 5 heteroatoms. The molecule has 2 rings (SSSR count). The van der Waals surface area contributed by atoms with Gasteiger partial charge in [0.1, 0.15) is 0 Å². The molecule has 1 heterocycles. The van der Waals surface area contributed by atoms with E-state index in [2.05, 4.69) is 34.0 Å². The van der Waals surface area contributed by atoms with Crippen molar-refractivity contribution in [1.29, 1.82) is 0 Å². The first kappa shape index (κ1) is 12.3. The van der Waals surface area contributed by atoms with E-state index in [1.807, 2.05) is 11.3 Å². The van der Waals surface area contributed by atoms with Gasteiger partial charge in [0.2, 0.25) is 0 Å². The fourth-order valence-corrected chi connectivity index (χ4v) is 4.21. The predicted molar refractivity (Wildman–Crippen MR) is 73.0 cm³/mol. The van der Waals surface area contributed by atoms with Crippen LogP contribution >= 0.6 is 33.9 Å². The molecule has 0 saturated heterocycles. The molecule has 2 N–H and O–H groups in total. The van der Waals surface area contributed by atoms with E-state index in [9.17, 15) is 4.79 Å². The lowest BCUT2D eigenvalue weighted by atomic mass is 9.94. The Kier molecular flexibility index (Phi) is 4.21. The van der Waals surface area contributed by atoms with Gasteiger partial charge in [-0.3, -0.25) is 4.79 Å². The van der Waals surface area contributed by atoms with Crippen molar-refractivity contribution in [3.05, 3.63) is 19.4 Å². The zero-order valence-electron chi connectivity index (χ0n) is 8.83. The molecule has 0 amide bonds.